The summed E-state index contributed by atoms with van der Waals surface area (Å²) in [5.74, 6) is -0.344. The lowest BCUT2D eigenvalue weighted by Crippen LogP contribution is -2.57. The van der Waals surface area contributed by atoms with Gasteiger partial charge in [-0.1, -0.05) is 44.2 Å². The zero-order chi connectivity index (χ0) is 20.9. The van der Waals surface area contributed by atoms with Crippen molar-refractivity contribution in [1.29, 1.82) is 0 Å². The van der Waals surface area contributed by atoms with E-state index >= 15 is 0 Å². The number of carbonyl (C=O) groups is 2. The van der Waals surface area contributed by atoms with Crippen LogP contribution in [0.2, 0.25) is 0 Å². The summed E-state index contributed by atoms with van der Waals surface area (Å²) in [5, 5.41) is 1.55. The number of hydrogen-bond acceptors (Lipinski definition) is 5. The van der Waals surface area contributed by atoms with Crippen LogP contribution in [0.4, 0.5) is 0 Å². The fourth-order valence-electron chi connectivity index (χ4n) is 4.51. The van der Waals surface area contributed by atoms with Crippen LogP contribution in [0.1, 0.15) is 45.1 Å². The van der Waals surface area contributed by atoms with Crippen molar-refractivity contribution >= 4 is 11.9 Å². The van der Waals surface area contributed by atoms with E-state index in [0.29, 0.717) is 12.5 Å². The minimum Gasteiger partial charge on any atom is -0.469 e. The summed E-state index contributed by atoms with van der Waals surface area (Å²) in [5.41, 5.74) is 0.750. The zero-order valence-corrected chi connectivity index (χ0v) is 17.9. The molecule has 2 aliphatic heterocycles. The van der Waals surface area contributed by atoms with Crippen molar-refractivity contribution in [3.8, 4) is 0 Å². The van der Waals surface area contributed by atoms with Gasteiger partial charge in [0, 0.05) is 26.1 Å². The molecule has 3 rings (SSSR count). The molecule has 29 heavy (non-hydrogen) atoms. The molecule has 160 valence electrons. The summed E-state index contributed by atoms with van der Waals surface area (Å²) in [7, 11) is 1.40. The molecule has 0 radical (unpaired) electrons. The van der Waals surface area contributed by atoms with Gasteiger partial charge in [0.15, 0.2) is 0 Å². The number of carbonyl (C=O) groups excluding carboxylic acids is 2. The first-order chi connectivity index (χ1) is 14.0. The summed E-state index contributed by atoms with van der Waals surface area (Å²) in [4.78, 5) is 33.6. The molecular formula is C23H34N2O4. The summed E-state index contributed by atoms with van der Waals surface area (Å²) >= 11 is 0. The van der Waals surface area contributed by atoms with Crippen molar-refractivity contribution in [2.75, 3.05) is 33.4 Å². The van der Waals surface area contributed by atoms with Gasteiger partial charge in [0.1, 0.15) is 0 Å². The van der Waals surface area contributed by atoms with E-state index in [1.165, 1.54) is 12.7 Å². The van der Waals surface area contributed by atoms with Crippen LogP contribution >= 0.6 is 0 Å². The van der Waals surface area contributed by atoms with Gasteiger partial charge in [0.05, 0.1) is 25.2 Å². The average Bonchev–Trinajstić information content (AvgIpc) is 2.99. The average molecular weight is 403 g/mol. The molecule has 0 saturated carbocycles. The van der Waals surface area contributed by atoms with Gasteiger partial charge < -0.3 is 9.64 Å². The van der Waals surface area contributed by atoms with Gasteiger partial charge in [-0.2, -0.15) is 0 Å². The second-order valence-electron chi connectivity index (χ2n) is 8.66. The number of methoxy groups -OCH3 is 1. The molecule has 1 amide bonds. The molecule has 1 spiro atoms. The zero-order valence-electron chi connectivity index (χ0n) is 17.9. The number of amides is 1. The highest BCUT2D eigenvalue weighted by atomic mass is 16.7. The Kier molecular flexibility index (Phi) is 7.30. The number of nitrogens with zero attached hydrogens (tertiary/aromatic N) is 2. The highest BCUT2D eigenvalue weighted by Gasteiger charge is 2.58. The number of piperidine rings is 1. The van der Waals surface area contributed by atoms with E-state index in [1.807, 2.05) is 6.07 Å². The number of hydroxylamine groups is 2. The summed E-state index contributed by atoms with van der Waals surface area (Å²) in [6, 6.07) is 10.5. The Hall–Kier alpha value is -1.92. The van der Waals surface area contributed by atoms with Gasteiger partial charge in [-0.25, -0.2) is 5.06 Å². The number of likely N-dealkylation sites (tertiary alicyclic amines) is 1. The largest absolute Gasteiger partial charge is 0.469 e. The third-order valence-corrected chi connectivity index (χ3v) is 6.34. The molecule has 0 bridgehead atoms. The predicted octanol–water partition coefficient (Wildman–Crippen LogP) is 3.06. The quantitative estimate of drug-likeness (QED) is 0.626. The second-order valence-corrected chi connectivity index (χ2v) is 8.66. The van der Waals surface area contributed by atoms with Crippen LogP contribution in [0.15, 0.2) is 30.3 Å². The first kappa shape index (κ1) is 21.8. The molecule has 0 aromatic heterocycles. The van der Waals surface area contributed by atoms with E-state index in [2.05, 4.69) is 43.0 Å². The Bertz CT molecular complexity index is 683. The predicted molar refractivity (Wildman–Crippen MR) is 111 cm³/mol. The Labute approximate surface area is 174 Å². The molecule has 2 saturated heterocycles. The van der Waals surface area contributed by atoms with Gasteiger partial charge in [0.2, 0.25) is 5.91 Å². The first-order valence-electron chi connectivity index (χ1n) is 10.8. The fraction of sp³-hybridized carbons (Fsp3) is 0.652. The molecule has 1 aromatic rings. The molecule has 2 fully saturated rings. The highest BCUT2D eigenvalue weighted by molar-refractivity contribution is 5.88. The summed E-state index contributed by atoms with van der Waals surface area (Å²) < 4.78 is 5.05. The van der Waals surface area contributed by atoms with Crippen molar-refractivity contribution in [3.63, 3.8) is 0 Å². The Morgan fingerprint density at radius 1 is 1.21 bits per heavy atom. The smallest absolute Gasteiger partial charge is 0.311 e. The number of ether oxygens (including phenoxy) is 1. The van der Waals surface area contributed by atoms with Crippen molar-refractivity contribution in [2.24, 2.45) is 11.8 Å². The molecular weight excluding hydrogens is 368 g/mol. The van der Waals surface area contributed by atoms with Crippen molar-refractivity contribution < 1.29 is 19.2 Å². The monoisotopic (exact) mass is 402 g/mol. The van der Waals surface area contributed by atoms with Crippen LogP contribution in [-0.2, 0) is 25.6 Å². The highest BCUT2D eigenvalue weighted by Crippen LogP contribution is 2.44. The van der Waals surface area contributed by atoms with Crippen LogP contribution < -0.4 is 0 Å². The van der Waals surface area contributed by atoms with Crippen LogP contribution in [0.25, 0.3) is 0 Å². The van der Waals surface area contributed by atoms with Crippen molar-refractivity contribution in [2.45, 2.75) is 51.5 Å². The SMILES string of the molecule is COC(=O)C1CC(=O)N(OCCC(C)C)C12CCN(CCc1ccccc1)CC2. The lowest BCUT2D eigenvalue weighted by molar-refractivity contribution is -0.224. The van der Waals surface area contributed by atoms with Crippen LogP contribution in [0, 0.1) is 11.8 Å². The topological polar surface area (TPSA) is 59.1 Å². The molecule has 1 atom stereocenters. The Balaban J connectivity index is 1.66. The maximum Gasteiger partial charge on any atom is 0.311 e. The Morgan fingerprint density at radius 3 is 2.52 bits per heavy atom. The van der Waals surface area contributed by atoms with Crippen LogP contribution in [-0.4, -0.2) is 60.7 Å². The third-order valence-electron chi connectivity index (χ3n) is 6.34. The summed E-state index contributed by atoms with van der Waals surface area (Å²) in [6.45, 7) is 7.43. The van der Waals surface area contributed by atoms with Gasteiger partial charge in [-0.05, 0) is 37.2 Å². The molecule has 1 aromatic carbocycles. The number of rotatable bonds is 8. The molecule has 0 N–H and O–H groups in total. The van der Waals surface area contributed by atoms with E-state index in [1.54, 1.807) is 5.06 Å². The minimum atomic E-state index is -0.579. The molecule has 0 aliphatic carbocycles. The molecule has 6 heteroatoms. The van der Waals surface area contributed by atoms with E-state index in [9.17, 15) is 9.59 Å². The van der Waals surface area contributed by atoms with E-state index < -0.39 is 11.5 Å². The van der Waals surface area contributed by atoms with Crippen molar-refractivity contribution in [1.82, 2.24) is 9.96 Å². The molecule has 6 nitrogen and oxygen atoms in total. The number of esters is 1. The lowest BCUT2D eigenvalue weighted by atomic mass is 9.77. The number of benzene rings is 1. The molecule has 2 aliphatic rings. The minimum absolute atomic E-state index is 0.0955. The van der Waals surface area contributed by atoms with Gasteiger partial charge in [0.25, 0.3) is 0 Å². The first-order valence-corrected chi connectivity index (χ1v) is 10.8. The van der Waals surface area contributed by atoms with E-state index in [0.717, 1.165) is 45.3 Å². The third kappa shape index (κ3) is 4.98. The molecule has 2 heterocycles. The standard InChI is InChI=1S/C23H34N2O4/c1-18(2)10-16-29-25-21(26)17-20(22(27)28-3)23(25)11-14-24(15-12-23)13-9-19-7-5-4-6-8-19/h4-8,18,20H,9-17H2,1-3H3. The van der Waals surface area contributed by atoms with E-state index in [4.69, 9.17) is 9.57 Å². The van der Waals surface area contributed by atoms with Gasteiger partial charge in [-0.3, -0.25) is 14.4 Å². The second kappa shape index (κ2) is 9.72. The summed E-state index contributed by atoms with van der Waals surface area (Å²) in [6.07, 6.45) is 3.52. The maximum atomic E-state index is 12.7. The van der Waals surface area contributed by atoms with Crippen LogP contribution in [0.5, 0.6) is 0 Å². The van der Waals surface area contributed by atoms with E-state index in [-0.39, 0.29) is 18.3 Å². The lowest BCUT2D eigenvalue weighted by Gasteiger charge is -2.46. The van der Waals surface area contributed by atoms with Gasteiger partial charge in [-0.15, -0.1) is 0 Å². The van der Waals surface area contributed by atoms with Gasteiger partial charge >= 0.3 is 5.97 Å². The van der Waals surface area contributed by atoms with Crippen molar-refractivity contribution in [3.05, 3.63) is 35.9 Å². The fourth-order valence-corrected chi connectivity index (χ4v) is 4.51. The number of hydrogen-bond donors (Lipinski definition) is 0. The molecule has 1 unspecified atom stereocenters. The normalized spacial score (nSPS) is 21.9. The maximum absolute atomic E-state index is 12.7. The Morgan fingerprint density at radius 2 is 1.90 bits per heavy atom. The van der Waals surface area contributed by atoms with Crippen LogP contribution in [0.3, 0.4) is 0 Å².